The normalized spacial score (nSPS) is 38.5. The minimum Gasteiger partial charge on any atom is -0.432 e. The fourth-order valence-electron chi connectivity index (χ4n) is 5.95. The summed E-state index contributed by atoms with van der Waals surface area (Å²) in [6.45, 7) is 5.23. The number of aliphatic hydroxyl groups excluding tert-OH is 5. The standard InChI is InChI=1S/C23H34N2O10Si/c1-10-19(36(3,4)33)14(7-8-26)35-23(10)12-9-11(5-6-13(12)25(2)22(23)32)24-20(30)18-16(28)15(27)17(29)21(31)34-18/h5-6,9-10,14-19,21,26-29,31,33H,7-8H2,1-4H3,(H,24,30)/t10-,14+,15-,16-,17+,18-,19-,21+,23+/m0/s1. The molecule has 9 atom stereocenters. The summed E-state index contributed by atoms with van der Waals surface area (Å²) in [5.74, 6) is -1.62. The van der Waals surface area contributed by atoms with Crippen LogP contribution in [0.4, 0.5) is 11.4 Å². The summed E-state index contributed by atoms with van der Waals surface area (Å²) in [7, 11) is -1.22. The van der Waals surface area contributed by atoms with Crippen molar-refractivity contribution in [2.45, 2.75) is 74.4 Å². The van der Waals surface area contributed by atoms with Gasteiger partial charge in [0, 0.05) is 36.4 Å². The van der Waals surface area contributed by atoms with Gasteiger partial charge in [-0.05, 0) is 37.7 Å². The fraction of sp³-hybridized carbons (Fsp3) is 0.652. The number of carbonyl (C=O) groups is 2. The van der Waals surface area contributed by atoms with Crippen LogP contribution in [0.25, 0.3) is 0 Å². The van der Waals surface area contributed by atoms with Crippen LogP contribution >= 0.6 is 0 Å². The number of fused-ring (bicyclic) bond motifs is 2. The van der Waals surface area contributed by atoms with Gasteiger partial charge in [0.2, 0.25) is 0 Å². The second-order valence-corrected chi connectivity index (χ2v) is 14.4. The molecule has 1 aromatic rings. The molecule has 1 aromatic carbocycles. The summed E-state index contributed by atoms with van der Waals surface area (Å²) in [6.07, 6.45) is -9.17. The topological polar surface area (TPSA) is 189 Å². The first-order valence-electron chi connectivity index (χ1n) is 11.9. The highest BCUT2D eigenvalue weighted by Crippen LogP contribution is 2.59. The zero-order valence-corrected chi connectivity index (χ0v) is 21.5. The Labute approximate surface area is 209 Å². The van der Waals surface area contributed by atoms with Crippen molar-refractivity contribution in [1.29, 1.82) is 0 Å². The predicted octanol–water partition coefficient (Wildman–Crippen LogP) is -1.42. The Hall–Kier alpha value is -1.94. The van der Waals surface area contributed by atoms with Crippen LogP contribution in [0.15, 0.2) is 18.2 Å². The molecule has 2 amide bonds. The van der Waals surface area contributed by atoms with Crippen LogP contribution in [0.1, 0.15) is 18.9 Å². The Morgan fingerprint density at radius 1 is 1.17 bits per heavy atom. The molecule has 3 heterocycles. The van der Waals surface area contributed by atoms with Crippen molar-refractivity contribution >= 4 is 31.5 Å². The highest BCUT2D eigenvalue weighted by Gasteiger charge is 2.65. The first-order valence-corrected chi connectivity index (χ1v) is 14.9. The van der Waals surface area contributed by atoms with Gasteiger partial charge >= 0.3 is 0 Å². The SMILES string of the molecule is C[C@H]1[C@H]([Si](C)(C)O)[C@@H](CCO)O[C@]12C(=O)N(C)c1ccc(NC(=O)[C@H]3O[C@@H](O)[C@H](O)[C@@H](O)[C@@H]3O)cc12. The lowest BCUT2D eigenvalue weighted by molar-refractivity contribution is -0.274. The van der Waals surface area contributed by atoms with Gasteiger partial charge < -0.3 is 50.0 Å². The summed E-state index contributed by atoms with van der Waals surface area (Å²) >= 11 is 0. The molecule has 0 aromatic heterocycles. The number of anilines is 2. The smallest absolute Gasteiger partial charge is 0.264 e. The summed E-state index contributed by atoms with van der Waals surface area (Å²) in [5.41, 5.74) is -0.477. The highest BCUT2D eigenvalue weighted by molar-refractivity contribution is 6.71. The number of hydrogen-bond donors (Lipinski definition) is 7. The third-order valence-electron chi connectivity index (χ3n) is 7.64. The van der Waals surface area contributed by atoms with Gasteiger partial charge in [0.05, 0.1) is 11.8 Å². The van der Waals surface area contributed by atoms with E-state index in [1.807, 2.05) is 6.92 Å². The van der Waals surface area contributed by atoms with Crippen LogP contribution in [-0.4, -0.2) is 101 Å². The number of hydrogen-bond acceptors (Lipinski definition) is 10. The van der Waals surface area contributed by atoms with Gasteiger partial charge in [-0.15, -0.1) is 0 Å². The zero-order chi connectivity index (χ0) is 26.7. The first-order chi connectivity index (χ1) is 16.7. The number of benzene rings is 1. The van der Waals surface area contributed by atoms with Crippen molar-refractivity contribution in [3.05, 3.63) is 23.8 Å². The third-order valence-corrected chi connectivity index (χ3v) is 10.1. The molecular weight excluding hydrogens is 492 g/mol. The third kappa shape index (κ3) is 4.08. The van der Waals surface area contributed by atoms with E-state index in [1.165, 1.54) is 4.90 Å². The second-order valence-electron chi connectivity index (χ2n) is 10.4. The first kappa shape index (κ1) is 27.1. The largest absolute Gasteiger partial charge is 0.432 e. The van der Waals surface area contributed by atoms with Gasteiger partial charge in [0.15, 0.2) is 26.3 Å². The Kier molecular flexibility index (Phi) is 7.09. The Bertz CT molecular complexity index is 1030. The average Bonchev–Trinajstić information content (AvgIpc) is 3.21. The predicted molar refractivity (Wildman–Crippen MR) is 128 cm³/mol. The molecule has 2 fully saturated rings. The molecule has 0 saturated carbocycles. The number of ether oxygens (including phenoxy) is 2. The van der Waals surface area contributed by atoms with Crippen LogP contribution in [0.5, 0.6) is 0 Å². The fourth-order valence-corrected chi connectivity index (χ4v) is 8.55. The van der Waals surface area contributed by atoms with E-state index in [4.69, 9.17) is 9.47 Å². The minimum atomic E-state index is -2.83. The maximum absolute atomic E-state index is 13.6. The molecule has 0 bridgehead atoms. The molecule has 0 radical (unpaired) electrons. The number of amides is 2. The van der Waals surface area contributed by atoms with E-state index < -0.39 is 62.6 Å². The molecule has 3 aliphatic heterocycles. The van der Waals surface area contributed by atoms with Crippen LogP contribution < -0.4 is 10.2 Å². The maximum Gasteiger partial charge on any atom is 0.264 e. The molecule has 7 N–H and O–H groups in total. The summed E-state index contributed by atoms with van der Waals surface area (Å²) < 4.78 is 11.4. The van der Waals surface area contributed by atoms with E-state index in [2.05, 4.69) is 5.32 Å². The van der Waals surface area contributed by atoms with Crippen LogP contribution in [0.3, 0.4) is 0 Å². The van der Waals surface area contributed by atoms with Gasteiger partial charge in [-0.3, -0.25) is 9.59 Å². The molecule has 36 heavy (non-hydrogen) atoms. The number of nitrogens with zero attached hydrogens (tertiary/aromatic N) is 1. The molecule has 13 heteroatoms. The molecular formula is C23H34N2O10Si. The van der Waals surface area contributed by atoms with Gasteiger partial charge in [0.1, 0.15) is 18.3 Å². The molecule has 3 aliphatic rings. The van der Waals surface area contributed by atoms with Crippen molar-refractivity contribution in [3.63, 3.8) is 0 Å². The van der Waals surface area contributed by atoms with Crippen molar-refractivity contribution < 1.29 is 49.4 Å². The van der Waals surface area contributed by atoms with Crippen molar-refractivity contribution in [2.24, 2.45) is 5.92 Å². The van der Waals surface area contributed by atoms with Gasteiger partial charge in [0.25, 0.3) is 11.8 Å². The maximum atomic E-state index is 13.6. The lowest BCUT2D eigenvalue weighted by Crippen LogP contribution is -2.60. The zero-order valence-electron chi connectivity index (χ0n) is 20.5. The van der Waals surface area contributed by atoms with E-state index in [-0.39, 0.29) is 30.2 Å². The number of aliphatic hydroxyl groups is 5. The molecule has 4 rings (SSSR count). The van der Waals surface area contributed by atoms with Gasteiger partial charge in [-0.25, -0.2) is 0 Å². The summed E-state index contributed by atoms with van der Waals surface area (Å²) in [4.78, 5) is 38.9. The number of nitrogens with one attached hydrogen (secondary N) is 1. The Morgan fingerprint density at radius 3 is 2.44 bits per heavy atom. The van der Waals surface area contributed by atoms with Crippen molar-refractivity contribution in [2.75, 3.05) is 23.9 Å². The lowest BCUT2D eigenvalue weighted by atomic mass is 9.82. The molecule has 12 nitrogen and oxygen atoms in total. The average molecular weight is 527 g/mol. The van der Waals surface area contributed by atoms with Crippen molar-refractivity contribution in [1.82, 2.24) is 0 Å². The number of carbonyl (C=O) groups excluding carboxylic acids is 2. The van der Waals surface area contributed by atoms with Crippen LogP contribution in [0, 0.1) is 5.92 Å². The molecule has 2 saturated heterocycles. The molecule has 0 aliphatic carbocycles. The van der Waals surface area contributed by atoms with Gasteiger partial charge in [-0.2, -0.15) is 0 Å². The van der Waals surface area contributed by atoms with E-state index in [1.54, 1.807) is 38.3 Å². The summed E-state index contributed by atoms with van der Waals surface area (Å²) in [5, 5.41) is 51.6. The second kappa shape index (κ2) is 9.42. The van der Waals surface area contributed by atoms with Crippen LogP contribution in [0.2, 0.25) is 18.6 Å². The van der Waals surface area contributed by atoms with E-state index in [0.717, 1.165) is 0 Å². The van der Waals surface area contributed by atoms with E-state index in [9.17, 15) is 39.9 Å². The van der Waals surface area contributed by atoms with Crippen molar-refractivity contribution in [3.8, 4) is 0 Å². The molecule has 0 unspecified atom stereocenters. The minimum absolute atomic E-state index is 0.169. The Morgan fingerprint density at radius 2 is 1.83 bits per heavy atom. The molecule has 1 spiro atoms. The number of likely N-dealkylation sites (N-methyl/N-ethyl adjacent to an activating group) is 1. The van der Waals surface area contributed by atoms with E-state index >= 15 is 0 Å². The monoisotopic (exact) mass is 526 g/mol. The number of rotatable bonds is 5. The lowest BCUT2D eigenvalue weighted by Gasteiger charge is -2.37. The Balaban J connectivity index is 1.68. The summed E-state index contributed by atoms with van der Waals surface area (Å²) in [6, 6.07) is 4.75. The van der Waals surface area contributed by atoms with Crippen LogP contribution in [-0.2, 0) is 24.7 Å². The van der Waals surface area contributed by atoms with Gasteiger partial charge in [-0.1, -0.05) is 6.92 Å². The molecule has 200 valence electrons. The highest BCUT2D eigenvalue weighted by atomic mass is 28.4. The quantitative estimate of drug-likeness (QED) is 0.224. The van der Waals surface area contributed by atoms with E-state index in [0.29, 0.717) is 11.3 Å².